The van der Waals surface area contributed by atoms with Crippen LogP contribution < -0.4 is 15.2 Å². The minimum absolute atomic E-state index is 0.0580. The van der Waals surface area contributed by atoms with Crippen molar-refractivity contribution < 1.29 is 13.2 Å². The van der Waals surface area contributed by atoms with Gasteiger partial charge in [0.05, 0.1) is 13.3 Å². The van der Waals surface area contributed by atoms with E-state index in [4.69, 9.17) is 10.5 Å². The SMILES string of the molecule is COc1ccc(N)cc1S(=O)(=O)Nc1ncc(Br)nc1Br. The molecule has 10 heteroatoms. The van der Waals surface area contributed by atoms with Crippen molar-refractivity contribution in [3.05, 3.63) is 33.6 Å². The zero-order valence-electron chi connectivity index (χ0n) is 10.7. The summed E-state index contributed by atoms with van der Waals surface area (Å²) in [6.07, 6.45) is 1.37. The number of rotatable bonds is 4. The minimum atomic E-state index is -3.92. The summed E-state index contributed by atoms with van der Waals surface area (Å²) in [7, 11) is -2.54. The first kappa shape index (κ1) is 16.0. The molecule has 2 rings (SSSR count). The number of sulfonamides is 1. The van der Waals surface area contributed by atoms with E-state index in [2.05, 4.69) is 46.5 Å². The van der Waals surface area contributed by atoms with Gasteiger partial charge < -0.3 is 10.5 Å². The Bertz CT molecular complexity index is 783. The summed E-state index contributed by atoms with van der Waals surface area (Å²) in [5, 5.41) is 0. The number of halogens is 2. The second-order valence-corrected chi connectivity index (χ2v) is 7.06. The highest BCUT2D eigenvalue weighted by molar-refractivity contribution is 9.11. The highest BCUT2D eigenvalue weighted by atomic mass is 79.9. The lowest BCUT2D eigenvalue weighted by atomic mass is 10.3. The van der Waals surface area contributed by atoms with E-state index in [-0.39, 0.29) is 21.1 Å². The fraction of sp³-hybridized carbons (Fsp3) is 0.0909. The number of benzene rings is 1. The van der Waals surface area contributed by atoms with Gasteiger partial charge in [0.2, 0.25) is 0 Å². The van der Waals surface area contributed by atoms with E-state index in [9.17, 15) is 8.42 Å². The number of nitrogen functional groups attached to an aromatic ring is 1. The molecule has 0 spiro atoms. The molecule has 0 amide bonds. The quantitative estimate of drug-likeness (QED) is 0.711. The number of anilines is 2. The summed E-state index contributed by atoms with van der Waals surface area (Å²) < 4.78 is 32.9. The third-order valence-corrected chi connectivity index (χ3v) is 4.70. The number of nitrogens with two attached hydrogens (primary N) is 1. The molecular formula is C11H10Br2N4O3S. The van der Waals surface area contributed by atoms with Crippen LogP contribution in [0.3, 0.4) is 0 Å². The van der Waals surface area contributed by atoms with E-state index in [0.717, 1.165) is 0 Å². The molecule has 0 radical (unpaired) electrons. The number of nitrogens with zero attached hydrogens (tertiary/aromatic N) is 2. The van der Waals surface area contributed by atoms with Gasteiger partial charge >= 0.3 is 0 Å². The molecule has 0 bridgehead atoms. The van der Waals surface area contributed by atoms with Crippen molar-refractivity contribution in [1.29, 1.82) is 0 Å². The van der Waals surface area contributed by atoms with Crippen LogP contribution in [-0.4, -0.2) is 25.5 Å². The molecule has 0 aliphatic heterocycles. The van der Waals surface area contributed by atoms with Gasteiger partial charge in [0.15, 0.2) is 10.4 Å². The third-order valence-electron chi connectivity index (χ3n) is 2.41. The average Bonchev–Trinajstić information content (AvgIpc) is 2.42. The summed E-state index contributed by atoms with van der Waals surface area (Å²) in [4.78, 5) is 7.87. The Morgan fingerprint density at radius 2 is 2.05 bits per heavy atom. The van der Waals surface area contributed by atoms with Crippen LogP contribution in [0.4, 0.5) is 11.5 Å². The number of hydrogen-bond acceptors (Lipinski definition) is 6. The zero-order chi connectivity index (χ0) is 15.6. The van der Waals surface area contributed by atoms with E-state index in [1.165, 1.54) is 25.4 Å². The van der Waals surface area contributed by atoms with Crippen molar-refractivity contribution in [3.8, 4) is 5.75 Å². The van der Waals surface area contributed by atoms with Crippen LogP contribution in [0.5, 0.6) is 5.75 Å². The summed E-state index contributed by atoms with van der Waals surface area (Å²) in [5.74, 6) is 0.237. The molecular weight excluding hydrogens is 428 g/mol. The van der Waals surface area contributed by atoms with Crippen molar-refractivity contribution in [3.63, 3.8) is 0 Å². The lowest BCUT2D eigenvalue weighted by Crippen LogP contribution is -2.16. The van der Waals surface area contributed by atoms with Gasteiger partial charge in [-0.15, -0.1) is 0 Å². The highest BCUT2D eigenvalue weighted by Crippen LogP contribution is 2.29. The van der Waals surface area contributed by atoms with Crippen molar-refractivity contribution >= 4 is 53.4 Å². The first-order valence-corrected chi connectivity index (χ1v) is 8.55. The number of hydrogen-bond donors (Lipinski definition) is 2. The van der Waals surface area contributed by atoms with Crippen LogP contribution in [0.15, 0.2) is 38.5 Å². The van der Waals surface area contributed by atoms with Gasteiger partial charge in [0.25, 0.3) is 10.0 Å². The fourth-order valence-corrected chi connectivity index (χ4v) is 3.76. The van der Waals surface area contributed by atoms with Gasteiger partial charge in [-0.2, -0.15) is 0 Å². The Kier molecular flexibility index (Phi) is 4.69. The van der Waals surface area contributed by atoms with Crippen LogP contribution in [0.2, 0.25) is 0 Å². The summed E-state index contributed by atoms with van der Waals surface area (Å²) in [6.45, 7) is 0. The van der Waals surface area contributed by atoms with Crippen molar-refractivity contribution in [2.45, 2.75) is 4.90 Å². The lowest BCUT2D eigenvalue weighted by molar-refractivity contribution is 0.403. The maximum Gasteiger partial charge on any atom is 0.266 e. The molecule has 0 aliphatic carbocycles. The Labute approximate surface area is 138 Å². The summed E-state index contributed by atoms with van der Waals surface area (Å²) >= 11 is 6.27. The first-order chi connectivity index (χ1) is 9.83. The number of methoxy groups -OCH3 is 1. The molecule has 0 atom stereocenters. The fourth-order valence-electron chi connectivity index (χ4n) is 1.50. The lowest BCUT2D eigenvalue weighted by Gasteiger charge is -2.12. The average molecular weight is 438 g/mol. The van der Waals surface area contributed by atoms with Gasteiger partial charge in [0, 0.05) is 5.69 Å². The van der Waals surface area contributed by atoms with Gasteiger partial charge in [0.1, 0.15) is 15.2 Å². The summed E-state index contributed by atoms with van der Waals surface area (Å²) in [5.41, 5.74) is 5.93. The van der Waals surface area contributed by atoms with Crippen LogP contribution in [0, 0.1) is 0 Å². The van der Waals surface area contributed by atoms with Crippen LogP contribution in [0.1, 0.15) is 0 Å². The van der Waals surface area contributed by atoms with E-state index in [1.807, 2.05) is 0 Å². The molecule has 7 nitrogen and oxygen atoms in total. The Morgan fingerprint density at radius 3 is 2.67 bits per heavy atom. The van der Waals surface area contributed by atoms with Gasteiger partial charge in [-0.25, -0.2) is 18.4 Å². The second-order valence-electron chi connectivity index (χ2n) is 3.85. The van der Waals surface area contributed by atoms with Gasteiger partial charge in [-0.05, 0) is 50.1 Å². The van der Waals surface area contributed by atoms with Crippen molar-refractivity contribution in [2.24, 2.45) is 0 Å². The van der Waals surface area contributed by atoms with Crippen LogP contribution in [0.25, 0.3) is 0 Å². The Morgan fingerprint density at radius 1 is 1.33 bits per heavy atom. The van der Waals surface area contributed by atoms with Crippen molar-refractivity contribution in [2.75, 3.05) is 17.6 Å². The molecule has 2 aromatic rings. The number of aromatic nitrogens is 2. The molecule has 0 unspecified atom stereocenters. The molecule has 3 N–H and O–H groups in total. The molecule has 1 aromatic heterocycles. The van der Waals surface area contributed by atoms with E-state index >= 15 is 0 Å². The minimum Gasteiger partial charge on any atom is -0.495 e. The van der Waals surface area contributed by atoms with Crippen LogP contribution in [-0.2, 0) is 10.0 Å². The third kappa shape index (κ3) is 3.63. The number of ether oxygens (including phenoxy) is 1. The topological polar surface area (TPSA) is 107 Å². The Hall–Kier alpha value is -1.39. The zero-order valence-corrected chi connectivity index (χ0v) is 14.7. The molecule has 0 aliphatic rings. The molecule has 21 heavy (non-hydrogen) atoms. The molecule has 0 saturated heterocycles. The first-order valence-electron chi connectivity index (χ1n) is 5.48. The highest BCUT2D eigenvalue weighted by Gasteiger charge is 2.22. The van der Waals surface area contributed by atoms with Gasteiger partial charge in [-0.1, -0.05) is 0 Å². The number of nitrogens with one attached hydrogen (secondary N) is 1. The maximum absolute atomic E-state index is 12.4. The molecule has 0 saturated carbocycles. The smallest absolute Gasteiger partial charge is 0.266 e. The van der Waals surface area contributed by atoms with E-state index < -0.39 is 10.0 Å². The monoisotopic (exact) mass is 436 g/mol. The molecule has 112 valence electrons. The maximum atomic E-state index is 12.4. The molecule has 1 aromatic carbocycles. The van der Waals surface area contributed by atoms with Gasteiger partial charge in [-0.3, -0.25) is 4.72 Å². The predicted molar refractivity (Wildman–Crippen MR) is 85.6 cm³/mol. The normalized spacial score (nSPS) is 11.2. The molecule has 1 heterocycles. The van der Waals surface area contributed by atoms with Crippen LogP contribution >= 0.6 is 31.9 Å². The summed E-state index contributed by atoms with van der Waals surface area (Å²) in [6, 6.07) is 4.33. The standard InChI is InChI=1S/C11H10Br2N4O3S/c1-20-7-3-2-6(14)4-8(7)21(18,19)17-11-10(13)16-9(12)5-15-11/h2-5H,14H2,1H3,(H,15,17). The Balaban J connectivity index is 2.45. The second kappa shape index (κ2) is 6.16. The largest absolute Gasteiger partial charge is 0.495 e. The predicted octanol–water partition coefficient (Wildman–Crippen LogP) is 2.39. The van der Waals surface area contributed by atoms with E-state index in [1.54, 1.807) is 6.07 Å². The van der Waals surface area contributed by atoms with Crippen molar-refractivity contribution in [1.82, 2.24) is 9.97 Å². The van der Waals surface area contributed by atoms with E-state index in [0.29, 0.717) is 10.3 Å². The molecule has 0 fully saturated rings.